The monoisotopic (exact) mass is 326 g/mol. The number of benzene rings is 1. The number of aryl methyl sites for hydroxylation is 2. The van der Waals surface area contributed by atoms with Crippen molar-refractivity contribution in [1.82, 2.24) is 9.78 Å². The van der Waals surface area contributed by atoms with Gasteiger partial charge in [0.25, 0.3) is 0 Å². The number of unbranched alkanes of at least 4 members (excludes halogenated alkanes) is 7. The molecule has 2 nitrogen and oxygen atoms in total. The smallest absolute Gasteiger partial charge is 0.0714 e. The summed E-state index contributed by atoms with van der Waals surface area (Å²) in [7, 11) is 0. The Bertz CT molecular complexity index is 557. The fourth-order valence-electron chi connectivity index (χ4n) is 3.31. The van der Waals surface area contributed by atoms with Crippen LogP contribution in [0.5, 0.6) is 0 Å². The standard InChI is InChI=1S/C22H34N2/c1-3-5-7-8-9-14-18-24-22(20-15-12-10-13-16-20)21(19-23-24)17-11-6-4-2/h10,12-13,15-16,19H,3-9,11,14,17-18H2,1-2H3. The predicted molar refractivity (Wildman–Crippen MR) is 104 cm³/mol. The van der Waals surface area contributed by atoms with Gasteiger partial charge in [0.2, 0.25) is 0 Å². The minimum Gasteiger partial charge on any atom is -0.265 e. The van der Waals surface area contributed by atoms with Crippen molar-refractivity contribution in [2.75, 3.05) is 0 Å². The Balaban J connectivity index is 2.01. The Morgan fingerprint density at radius 2 is 1.46 bits per heavy atom. The van der Waals surface area contributed by atoms with Gasteiger partial charge in [-0.15, -0.1) is 0 Å². The van der Waals surface area contributed by atoms with E-state index in [0.29, 0.717) is 0 Å². The van der Waals surface area contributed by atoms with E-state index in [0.717, 1.165) is 13.0 Å². The number of rotatable bonds is 12. The van der Waals surface area contributed by atoms with E-state index in [1.54, 1.807) is 0 Å². The van der Waals surface area contributed by atoms with Gasteiger partial charge in [0.1, 0.15) is 0 Å². The highest BCUT2D eigenvalue weighted by Crippen LogP contribution is 2.25. The van der Waals surface area contributed by atoms with E-state index in [1.165, 1.54) is 74.6 Å². The summed E-state index contributed by atoms with van der Waals surface area (Å²) in [4.78, 5) is 0. The molecule has 0 spiro atoms. The van der Waals surface area contributed by atoms with Gasteiger partial charge < -0.3 is 0 Å². The first-order valence-electron chi connectivity index (χ1n) is 9.97. The largest absolute Gasteiger partial charge is 0.265 e. The summed E-state index contributed by atoms with van der Waals surface area (Å²) >= 11 is 0. The minimum atomic E-state index is 1.05. The summed E-state index contributed by atoms with van der Waals surface area (Å²) in [6, 6.07) is 10.8. The zero-order valence-electron chi connectivity index (χ0n) is 15.6. The molecular weight excluding hydrogens is 292 g/mol. The second-order valence-electron chi connectivity index (χ2n) is 6.83. The van der Waals surface area contributed by atoms with Crippen LogP contribution in [-0.4, -0.2) is 9.78 Å². The lowest BCUT2D eigenvalue weighted by molar-refractivity contribution is 0.530. The van der Waals surface area contributed by atoms with Gasteiger partial charge >= 0.3 is 0 Å². The number of aromatic nitrogens is 2. The molecule has 0 aliphatic rings. The highest BCUT2D eigenvalue weighted by atomic mass is 15.3. The molecule has 0 atom stereocenters. The molecule has 2 rings (SSSR count). The lowest BCUT2D eigenvalue weighted by atomic mass is 10.0. The quantitative estimate of drug-likeness (QED) is 0.400. The Morgan fingerprint density at radius 3 is 2.21 bits per heavy atom. The Hall–Kier alpha value is -1.57. The van der Waals surface area contributed by atoms with E-state index in [1.807, 2.05) is 0 Å². The third-order valence-corrected chi connectivity index (χ3v) is 4.74. The van der Waals surface area contributed by atoms with Crippen LogP contribution < -0.4 is 0 Å². The highest BCUT2D eigenvalue weighted by Gasteiger charge is 2.12. The lowest BCUT2D eigenvalue weighted by Crippen LogP contribution is -2.03. The molecule has 24 heavy (non-hydrogen) atoms. The van der Waals surface area contributed by atoms with Crippen LogP contribution in [0.2, 0.25) is 0 Å². The average Bonchev–Trinajstić information content (AvgIpc) is 3.02. The first-order valence-corrected chi connectivity index (χ1v) is 9.97. The fourth-order valence-corrected chi connectivity index (χ4v) is 3.31. The maximum atomic E-state index is 4.72. The predicted octanol–water partition coefficient (Wildman–Crippen LogP) is 6.64. The molecule has 132 valence electrons. The van der Waals surface area contributed by atoms with Crippen LogP contribution in [0.1, 0.15) is 77.2 Å². The van der Waals surface area contributed by atoms with Crippen molar-refractivity contribution in [3.63, 3.8) is 0 Å². The maximum absolute atomic E-state index is 4.72. The van der Waals surface area contributed by atoms with Crippen LogP contribution >= 0.6 is 0 Å². The lowest BCUT2D eigenvalue weighted by Gasteiger charge is -2.10. The van der Waals surface area contributed by atoms with E-state index in [-0.39, 0.29) is 0 Å². The Morgan fingerprint density at radius 1 is 0.792 bits per heavy atom. The molecule has 1 heterocycles. The van der Waals surface area contributed by atoms with Gasteiger partial charge in [0.15, 0.2) is 0 Å². The third kappa shape index (κ3) is 5.81. The van der Waals surface area contributed by atoms with Crippen molar-refractivity contribution in [1.29, 1.82) is 0 Å². The summed E-state index contributed by atoms with van der Waals surface area (Å²) in [5.41, 5.74) is 4.08. The molecule has 0 aliphatic carbocycles. The van der Waals surface area contributed by atoms with Crippen molar-refractivity contribution in [2.24, 2.45) is 0 Å². The molecule has 0 unspecified atom stereocenters. The second-order valence-corrected chi connectivity index (χ2v) is 6.83. The van der Waals surface area contributed by atoms with E-state index in [2.05, 4.69) is 55.1 Å². The molecular formula is C22H34N2. The molecule has 0 saturated heterocycles. The third-order valence-electron chi connectivity index (χ3n) is 4.74. The van der Waals surface area contributed by atoms with Crippen molar-refractivity contribution >= 4 is 0 Å². The molecule has 0 aliphatic heterocycles. The van der Waals surface area contributed by atoms with Gasteiger partial charge in [0, 0.05) is 12.1 Å². The van der Waals surface area contributed by atoms with Gasteiger partial charge in [-0.2, -0.15) is 5.10 Å². The van der Waals surface area contributed by atoms with E-state index < -0.39 is 0 Å². The van der Waals surface area contributed by atoms with Gasteiger partial charge in [-0.3, -0.25) is 4.68 Å². The molecule has 1 aromatic carbocycles. The highest BCUT2D eigenvalue weighted by molar-refractivity contribution is 5.63. The van der Waals surface area contributed by atoms with Crippen molar-refractivity contribution in [3.05, 3.63) is 42.1 Å². The van der Waals surface area contributed by atoms with Crippen LogP contribution in [0.15, 0.2) is 36.5 Å². The first-order chi connectivity index (χ1) is 11.9. The van der Waals surface area contributed by atoms with E-state index >= 15 is 0 Å². The molecule has 0 fully saturated rings. The van der Waals surface area contributed by atoms with Crippen LogP contribution in [0.3, 0.4) is 0 Å². The summed E-state index contributed by atoms with van der Waals surface area (Å²) in [6.45, 7) is 5.58. The molecule has 2 aromatic rings. The topological polar surface area (TPSA) is 17.8 Å². The van der Waals surface area contributed by atoms with Gasteiger partial charge in [0.05, 0.1) is 11.9 Å². The summed E-state index contributed by atoms with van der Waals surface area (Å²) in [5.74, 6) is 0. The van der Waals surface area contributed by atoms with Crippen molar-refractivity contribution in [2.45, 2.75) is 84.6 Å². The molecule has 0 saturated carbocycles. The van der Waals surface area contributed by atoms with Crippen LogP contribution in [-0.2, 0) is 13.0 Å². The van der Waals surface area contributed by atoms with E-state index in [9.17, 15) is 0 Å². The van der Waals surface area contributed by atoms with Crippen molar-refractivity contribution in [3.8, 4) is 11.3 Å². The fraction of sp³-hybridized carbons (Fsp3) is 0.591. The van der Waals surface area contributed by atoms with Gasteiger partial charge in [-0.05, 0) is 24.8 Å². The number of hydrogen-bond acceptors (Lipinski definition) is 1. The molecule has 2 heteroatoms. The molecule has 1 aromatic heterocycles. The zero-order valence-corrected chi connectivity index (χ0v) is 15.6. The summed E-state index contributed by atoms with van der Waals surface area (Å²) in [5, 5.41) is 4.72. The SMILES string of the molecule is CCCCCCCCn1ncc(CCCCC)c1-c1ccccc1. The Labute approximate surface area is 148 Å². The molecule has 0 N–H and O–H groups in total. The second kappa shape index (κ2) is 11.1. The van der Waals surface area contributed by atoms with Gasteiger partial charge in [-0.1, -0.05) is 89.1 Å². The molecule has 0 radical (unpaired) electrons. The first kappa shape index (κ1) is 18.8. The van der Waals surface area contributed by atoms with E-state index in [4.69, 9.17) is 5.10 Å². The molecule has 0 bridgehead atoms. The minimum absolute atomic E-state index is 1.05. The Kier molecular flexibility index (Phi) is 8.65. The van der Waals surface area contributed by atoms with Crippen molar-refractivity contribution < 1.29 is 0 Å². The van der Waals surface area contributed by atoms with Crippen LogP contribution in [0.25, 0.3) is 11.3 Å². The van der Waals surface area contributed by atoms with Crippen LogP contribution in [0.4, 0.5) is 0 Å². The zero-order chi connectivity index (χ0) is 17.0. The summed E-state index contributed by atoms with van der Waals surface area (Å²) in [6.07, 6.45) is 15.1. The number of nitrogens with zero attached hydrogens (tertiary/aromatic N) is 2. The number of hydrogen-bond donors (Lipinski definition) is 0. The normalized spacial score (nSPS) is 11.1. The average molecular weight is 327 g/mol. The molecule has 0 amide bonds. The maximum Gasteiger partial charge on any atom is 0.0714 e. The summed E-state index contributed by atoms with van der Waals surface area (Å²) < 4.78 is 2.25. The van der Waals surface area contributed by atoms with Crippen LogP contribution in [0, 0.1) is 0 Å². The van der Waals surface area contributed by atoms with Gasteiger partial charge in [-0.25, -0.2) is 0 Å².